The maximum Gasteiger partial charge on any atom is 0.408 e. The fourth-order valence-electron chi connectivity index (χ4n) is 1.56. The SMILES string of the molecule is CC(=O)S[C@@H]1C[C@@H](C(=O)O)N(C(=O)O)C1. The molecule has 84 valence electrons. The van der Waals surface area contributed by atoms with Gasteiger partial charge in [-0.05, 0) is 6.42 Å². The number of hydrogen-bond donors (Lipinski definition) is 2. The van der Waals surface area contributed by atoms with Crippen molar-refractivity contribution in [3.63, 3.8) is 0 Å². The number of carbonyl (C=O) groups is 3. The zero-order valence-corrected chi connectivity index (χ0v) is 8.86. The Balaban J connectivity index is 2.69. The smallest absolute Gasteiger partial charge is 0.408 e. The van der Waals surface area contributed by atoms with E-state index in [2.05, 4.69) is 0 Å². The molecule has 2 N–H and O–H groups in total. The molecule has 1 rings (SSSR count). The van der Waals surface area contributed by atoms with Crippen LogP contribution in [0.1, 0.15) is 13.3 Å². The van der Waals surface area contributed by atoms with Gasteiger partial charge in [-0.15, -0.1) is 0 Å². The largest absolute Gasteiger partial charge is 0.480 e. The second kappa shape index (κ2) is 4.52. The second-order valence-electron chi connectivity index (χ2n) is 3.26. The van der Waals surface area contributed by atoms with Gasteiger partial charge in [-0.3, -0.25) is 9.69 Å². The van der Waals surface area contributed by atoms with E-state index >= 15 is 0 Å². The molecular weight excluding hydrogens is 222 g/mol. The number of carbonyl (C=O) groups excluding carboxylic acids is 1. The minimum absolute atomic E-state index is 0.0938. The zero-order valence-electron chi connectivity index (χ0n) is 8.04. The third-order valence-corrected chi connectivity index (χ3v) is 3.13. The fraction of sp³-hybridized carbons (Fsp3) is 0.625. The van der Waals surface area contributed by atoms with E-state index < -0.39 is 18.1 Å². The Morgan fingerprint density at radius 1 is 1.33 bits per heavy atom. The maximum atomic E-state index is 10.8. The summed E-state index contributed by atoms with van der Waals surface area (Å²) in [6.45, 7) is 1.47. The molecule has 0 aliphatic carbocycles. The molecule has 6 nitrogen and oxygen atoms in total. The number of rotatable bonds is 2. The van der Waals surface area contributed by atoms with Gasteiger partial charge >= 0.3 is 12.1 Å². The van der Waals surface area contributed by atoms with Gasteiger partial charge in [0.1, 0.15) is 6.04 Å². The summed E-state index contributed by atoms with van der Waals surface area (Å²) in [5.41, 5.74) is 0. The number of carboxylic acids is 1. The van der Waals surface area contributed by atoms with Crippen LogP contribution in [-0.4, -0.2) is 50.1 Å². The maximum absolute atomic E-state index is 10.8. The van der Waals surface area contributed by atoms with E-state index in [1.807, 2.05) is 0 Å². The lowest BCUT2D eigenvalue weighted by Gasteiger charge is -2.16. The van der Waals surface area contributed by atoms with Gasteiger partial charge in [0.05, 0.1) is 0 Å². The van der Waals surface area contributed by atoms with Crippen molar-refractivity contribution in [2.24, 2.45) is 0 Å². The molecule has 0 aromatic carbocycles. The lowest BCUT2D eigenvalue weighted by atomic mass is 10.2. The fourth-order valence-corrected chi connectivity index (χ4v) is 2.55. The third kappa shape index (κ3) is 2.85. The summed E-state index contributed by atoms with van der Waals surface area (Å²) in [6, 6.07) is -1.03. The average Bonchev–Trinajstić information content (AvgIpc) is 2.46. The highest BCUT2D eigenvalue weighted by Gasteiger charge is 2.40. The van der Waals surface area contributed by atoms with Gasteiger partial charge in [-0.2, -0.15) is 0 Å². The Morgan fingerprint density at radius 3 is 2.27 bits per heavy atom. The van der Waals surface area contributed by atoms with Gasteiger partial charge in [-0.25, -0.2) is 9.59 Å². The number of carboxylic acid groups (broad SMARTS) is 2. The summed E-state index contributed by atoms with van der Waals surface area (Å²) in [6.07, 6.45) is -1.07. The molecule has 0 aromatic rings. The van der Waals surface area contributed by atoms with Gasteiger partial charge in [0, 0.05) is 18.7 Å². The van der Waals surface area contributed by atoms with E-state index in [1.165, 1.54) is 6.92 Å². The van der Waals surface area contributed by atoms with Crippen LogP contribution in [0.15, 0.2) is 0 Å². The van der Waals surface area contributed by atoms with Crippen molar-refractivity contribution in [3.8, 4) is 0 Å². The van der Waals surface area contributed by atoms with Crippen molar-refractivity contribution >= 4 is 28.9 Å². The van der Waals surface area contributed by atoms with E-state index in [0.717, 1.165) is 16.7 Å². The third-order valence-electron chi connectivity index (χ3n) is 2.13. The summed E-state index contributed by atoms with van der Waals surface area (Å²) >= 11 is 0.997. The zero-order chi connectivity index (χ0) is 11.6. The number of likely N-dealkylation sites (tertiary alicyclic amines) is 1. The molecule has 1 heterocycles. The first kappa shape index (κ1) is 11.8. The lowest BCUT2D eigenvalue weighted by molar-refractivity contribution is -0.141. The predicted octanol–water partition coefficient (Wildman–Crippen LogP) is 0.472. The van der Waals surface area contributed by atoms with Gasteiger partial charge in [-0.1, -0.05) is 11.8 Å². The van der Waals surface area contributed by atoms with Crippen LogP contribution in [0, 0.1) is 0 Å². The van der Waals surface area contributed by atoms with E-state index in [0.29, 0.717) is 0 Å². The lowest BCUT2D eigenvalue weighted by Crippen LogP contribution is -2.39. The number of amides is 1. The molecule has 0 aromatic heterocycles. The van der Waals surface area contributed by atoms with Crippen LogP contribution in [0.3, 0.4) is 0 Å². The van der Waals surface area contributed by atoms with Crippen LogP contribution < -0.4 is 0 Å². The average molecular weight is 233 g/mol. The number of nitrogens with zero attached hydrogens (tertiary/aromatic N) is 1. The first-order valence-electron chi connectivity index (χ1n) is 4.31. The van der Waals surface area contributed by atoms with Crippen LogP contribution in [0.25, 0.3) is 0 Å². The van der Waals surface area contributed by atoms with Gasteiger partial charge in [0.15, 0.2) is 5.12 Å². The minimum Gasteiger partial charge on any atom is -0.480 e. The predicted molar refractivity (Wildman–Crippen MR) is 52.8 cm³/mol. The highest BCUT2D eigenvalue weighted by atomic mass is 32.2. The van der Waals surface area contributed by atoms with Crippen molar-refractivity contribution in [1.82, 2.24) is 4.90 Å². The molecule has 0 spiro atoms. The van der Waals surface area contributed by atoms with Crippen LogP contribution in [-0.2, 0) is 9.59 Å². The number of aliphatic carboxylic acids is 1. The van der Waals surface area contributed by atoms with Crippen LogP contribution in [0.5, 0.6) is 0 Å². The summed E-state index contributed by atoms with van der Waals surface area (Å²) < 4.78 is 0. The Labute approximate surface area is 90.2 Å². The normalized spacial score (nSPS) is 25.3. The van der Waals surface area contributed by atoms with E-state index in [-0.39, 0.29) is 23.3 Å². The van der Waals surface area contributed by atoms with Crippen LogP contribution in [0.4, 0.5) is 4.79 Å². The van der Waals surface area contributed by atoms with E-state index in [1.54, 1.807) is 0 Å². The minimum atomic E-state index is -1.26. The molecular formula is C8H11NO5S. The Bertz CT molecular complexity index is 283. The van der Waals surface area contributed by atoms with Crippen LogP contribution >= 0.6 is 11.8 Å². The Hall–Kier alpha value is -1.24. The number of thioether (sulfide) groups is 1. The first-order chi connectivity index (χ1) is 6.91. The number of hydrogen-bond acceptors (Lipinski definition) is 4. The van der Waals surface area contributed by atoms with Crippen molar-refractivity contribution in [2.75, 3.05) is 6.54 Å². The summed E-state index contributed by atoms with van der Waals surface area (Å²) in [4.78, 5) is 33.1. The van der Waals surface area contributed by atoms with Gasteiger partial charge in [0.2, 0.25) is 0 Å². The topological polar surface area (TPSA) is 94.9 Å². The molecule has 7 heteroatoms. The molecule has 1 aliphatic rings. The first-order valence-corrected chi connectivity index (χ1v) is 5.19. The standard InChI is InChI=1S/C8H11NO5S/c1-4(10)15-5-2-6(7(11)12)9(3-5)8(13)14/h5-6H,2-3H2,1H3,(H,11,12)(H,13,14)/t5-,6+/m1/s1. The molecule has 1 amide bonds. The molecule has 1 fully saturated rings. The quantitative estimate of drug-likeness (QED) is 0.720. The molecule has 0 saturated carbocycles. The Kier molecular flexibility index (Phi) is 3.57. The summed E-state index contributed by atoms with van der Waals surface area (Å²) in [5.74, 6) is -1.16. The van der Waals surface area contributed by atoms with Gasteiger partial charge in [0.25, 0.3) is 0 Å². The highest BCUT2D eigenvalue weighted by Crippen LogP contribution is 2.28. The molecule has 0 bridgehead atoms. The monoisotopic (exact) mass is 233 g/mol. The van der Waals surface area contributed by atoms with Crippen molar-refractivity contribution in [3.05, 3.63) is 0 Å². The summed E-state index contributed by atoms with van der Waals surface area (Å²) in [7, 11) is 0. The Morgan fingerprint density at radius 2 is 1.93 bits per heavy atom. The molecule has 15 heavy (non-hydrogen) atoms. The van der Waals surface area contributed by atoms with Crippen molar-refractivity contribution < 1.29 is 24.6 Å². The molecule has 2 atom stereocenters. The second-order valence-corrected chi connectivity index (χ2v) is 4.73. The van der Waals surface area contributed by atoms with E-state index in [4.69, 9.17) is 10.2 Å². The molecule has 0 radical (unpaired) electrons. The van der Waals surface area contributed by atoms with Gasteiger partial charge < -0.3 is 10.2 Å². The molecule has 0 unspecified atom stereocenters. The van der Waals surface area contributed by atoms with Crippen molar-refractivity contribution in [1.29, 1.82) is 0 Å². The van der Waals surface area contributed by atoms with Crippen molar-refractivity contribution in [2.45, 2.75) is 24.6 Å². The van der Waals surface area contributed by atoms with Crippen LogP contribution in [0.2, 0.25) is 0 Å². The molecule has 1 saturated heterocycles. The van der Waals surface area contributed by atoms with E-state index in [9.17, 15) is 14.4 Å². The highest BCUT2D eigenvalue weighted by molar-refractivity contribution is 8.14. The molecule has 1 aliphatic heterocycles. The summed E-state index contributed by atoms with van der Waals surface area (Å²) in [5, 5.41) is 17.2.